The molecule has 0 saturated heterocycles. The number of hydrogen-bond donors (Lipinski definition) is 1. The third-order valence-corrected chi connectivity index (χ3v) is 6.19. The van der Waals surface area contributed by atoms with Crippen LogP contribution in [0.25, 0.3) is 10.2 Å². The van der Waals surface area contributed by atoms with Gasteiger partial charge in [0.05, 0.1) is 43.3 Å². The van der Waals surface area contributed by atoms with Gasteiger partial charge in [0.2, 0.25) is 5.91 Å². The van der Waals surface area contributed by atoms with Crippen LogP contribution in [0.2, 0.25) is 0 Å². The quantitative estimate of drug-likeness (QED) is 0.500. The molecule has 0 aliphatic heterocycles. The summed E-state index contributed by atoms with van der Waals surface area (Å²) in [6.07, 6.45) is 0. The monoisotopic (exact) mass is 416 g/mol. The predicted molar refractivity (Wildman–Crippen MR) is 124 cm³/mol. The number of anilines is 1. The molecule has 0 aliphatic rings. The first-order chi connectivity index (χ1) is 14.6. The van der Waals surface area contributed by atoms with Gasteiger partial charge in [-0.15, -0.1) is 0 Å². The molecule has 0 radical (unpaired) electrons. The third kappa shape index (κ3) is 4.42. The predicted octanol–water partition coefficient (Wildman–Crippen LogP) is 3.61. The number of carbonyl (C=O) groups excluding carboxylic acids is 1. The number of nitrogens with zero attached hydrogens (tertiary/aromatic N) is 2. The number of aromatic nitrogens is 1. The van der Waals surface area contributed by atoms with Crippen molar-refractivity contribution in [3.63, 3.8) is 0 Å². The number of likely N-dealkylation sites (N-methyl/N-ethyl adjacent to an activating group) is 1. The normalized spacial score (nSPS) is 11.3. The van der Waals surface area contributed by atoms with Crippen molar-refractivity contribution in [1.82, 2.24) is 4.98 Å². The number of quaternary nitrogens is 1. The summed E-state index contributed by atoms with van der Waals surface area (Å²) in [4.78, 5) is 22.0. The Labute approximate surface area is 181 Å². The Morgan fingerprint density at radius 3 is 2.03 bits per heavy atom. The number of thiazole rings is 1. The Bertz CT molecular complexity index is 1040. The molecule has 1 amide bonds. The van der Waals surface area contributed by atoms with Crippen LogP contribution in [0.5, 0.6) is 0 Å². The molecule has 152 valence electrons. The first kappa shape index (κ1) is 20.3. The molecule has 3 aromatic carbocycles. The van der Waals surface area contributed by atoms with Gasteiger partial charge >= 0.3 is 0 Å². The molecule has 0 fully saturated rings. The summed E-state index contributed by atoms with van der Waals surface area (Å²) in [5.74, 6) is -0.302. The fraction of sp³-hybridized carbons (Fsp3) is 0.200. The fourth-order valence-electron chi connectivity index (χ4n) is 3.54. The van der Waals surface area contributed by atoms with Crippen LogP contribution in [0, 0.1) is 0 Å². The average Bonchev–Trinajstić information content (AvgIpc) is 3.19. The van der Waals surface area contributed by atoms with Crippen LogP contribution in [0.3, 0.4) is 0 Å². The number of rotatable bonds is 7. The molecule has 0 aliphatic carbocycles. The summed E-state index contributed by atoms with van der Waals surface area (Å²) < 4.78 is 1.10. The second-order valence-corrected chi connectivity index (χ2v) is 8.67. The van der Waals surface area contributed by atoms with E-state index in [1.165, 1.54) is 4.90 Å². The van der Waals surface area contributed by atoms with E-state index in [0.29, 0.717) is 6.54 Å². The number of carbonyl (C=O) groups is 1. The summed E-state index contributed by atoms with van der Waals surface area (Å²) in [5.41, 5.74) is 2.93. The Kier molecular flexibility index (Phi) is 6.21. The highest BCUT2D eigenvalue weighted by atomic mass is 32.1. The molecule has 0 atom stereocenters. The van der Waals surface area contributed by atoms with Crippen LogP contribution < -0.4 is 9.80 Å². The van der Waals surface area contributed by atoms with Crippen molar-refractivity contribution >= 4 is 32.6 Å². The topological polar surface area (TPSA) is 37.6 Å². The summed E-state index contributed by atoms with van der Waals surface area (Å²) in [7, 11) is 4.21. The molecule has 4 aromatic rings. The molecule has 1 heterocycles. The smallest absolute Gasteiger partial charge is 0.240 e. The van der Waals surface area contributed by atoms with Crippen LogP contribution in [-0.4, -0.2) is 38.1 Å². The van der Waals surface area contributed by atoms with E-state index < -0.39 is 0 Å². The van der Waals surface area contributed by atoms with Gasteiger partial charge in [0.15, 0.2) is 5.13 Å². The van der Waals surface area contributed by atoms with E-state index in [1.54, 1.807) is 11.3 Å². The van der Waals surface area contributed by atoms with Crippen molar-refractivity contribution in [2.75, 3.05) is 32.1 Å². The largest absolute Gasteiger partial charge is 0.338 e. The standard InChI is InChI=1S/C25H25N3OS/c1-27(2)17-18-28(25-26-21-15-9-10-16-22(21)30-25)24(29)23(19-11-5-3-6-12-19)20-13-7-4-8-14-20/h3-16,23H,17-18H2,1-2H3/p+1. The maximum Gasteiger partial charge on any atom is 0.240 e. The summed E-state index contributed by atoms with van der Waals surface area (Å²) in [6.45, 7) is 1.47. The van der Waals surface area contributed by atoms with Gasteiger partial charge in [0.25, 0.3) is 0 Å². The van der Waals surface area contributed by atoms with Crippen molar-refractivity contribution in [3.8, 4) is 0 Å². The minimum Gasteiger partial charge on any atom is -0.338 e. The average molecular weight is 417 g/mol. The van der Waals surface area contributed by atoms with E-state index in [9.17, 15) is 4.79 Å². The fourth-order valence-corrected chi connectivity index (χ4v) is 4.53. The van der Waals surface area contributed by atoms with E-state index in [1.807, 2.05) is 83.8 Å². The summed E-state index contributed by atoms with van der Waals surface area (Å²) in [6, 6.07) is 28.1. The van der Waals surface area contributed by atoms with Gasteiger partial charge in [-0.25, -0.2) is 4.98 Å². The van der Waals surface area contributed by atoms with Crippen LogP contribution in [0.4, 0.5) is 5.13 Å². The Morgan fingerprint density at radius 1 is 0.900 bits per heavy atom. The zero-order chi connectivity index (χ0) is 20.9. The van der Waals surface area contributed by atoms with Gasteiger partial charge in [-0.2, -0.15) is 0 Å². The number of benzene rings is 3. The number of para-hydroxylation sites is 1. The van der Waals surface area contributed by atoms with E-state index >= 15 is 0 Å². The summed E-state index contributed by atoms with van der Waals surface area (Å²) in [5, 5.41) is 0.763. The van der Waals surface area contributed by atoms with Gasteiger partial charge in [0.1, 0.15) is 0 Å². The lowest BCUT2D eigenvalue weighted by molar-refractivity contribution is -0.856. The zero-order valence-corrected chi connectivity index (χ0v) is 18.1. The molecule has 4 rings (SSSR count). The molecule has 1 aromatic heterocycles. The molecular formula is C25H26N3OS+. The minimum atomic E-state index is -0.364. The van der Waals surface area contributed by atoms with Gasteiger partial charge in [-0.05, 0) is 23.3 Å². The maximum atomic E-state index is 14.0. The first-order valence-corrected chi connectivity index (χ1v) is 11.0. The van der Waals surface area contributed by atoms with Gasteiger partial charge in [0, 0.05) is 0 Å². The van der Waals surface area contributed by atoms with E-state index in [4.69, 9.17) is 4.98 Å². The highest BCUT2D eigenvalue weighted by molar-refractivity contribution is 7.22. The molecule has 0 unspecified atom stereocenters. The van der Waals surface area contributed by atoms with Crippen LogP contribution >= 0.6 is 11.3 Å². The second kappa shape index (κ2) is 9.20. The Morgan fingerprint density at radius 2 is 1.47 bits per heavy atom. The van der Waals surface area contributed by atoms with Crippen molar-refractivity contribution in [3.05, 3.63) is 96.1 Å². The van der Waals surface area contributed by atoms with Crippen molar-refractivity contribution in [1.29, 1.82) is 0 Å². The second-order valence-electron chi connectivity index (χ2n) is 7.67. The van der Waals surface area contributed by atoms with Crippen LogP contribution in [0.1, 0.15) is 17.0 Å². The highest BCUT2D eigenvalue weighted by Crippen LogP contribution is 2.33. The lowest BCUT2D eigenvalue weighted by Crippen LogP contribution is -3.06. The Balaban J connectivity index is 1.77. The Hall–Kier alpha value is -3.02. The number of nitrogens with one attached hydrogen (secondary N) is 1. The molecule has 1 N–H and O–H groups in total. The molecule has 4 nitrogen and oxygen atoms in total. The molecular weight excluding hydrogens is 390 g/mol. The molecule has 0 bridgehead atoms. The summed E-state index contributed by atoms with van der Waals surface area (Å²) >= 11 is 1.58. The minimum absolute atomic E-state index is 0.0627. The van der Waals surface area contributed by atoms with E-state index in [-0.39, 0.29) is 11.8 Å². The maximum absolute atomic E-state index is 14.0. The lowest BCUT2D eigenvalue weighted by atomic mass is 9.90. The van der Waals surface area contributed by atoms with E-state index in [2.05, 4.69) is 20.2 Å². The van der Waals surface area contributed by atoms with Crippen molar-refractivity contribution < 1.29 is 9.69 Å². The van der Waals surface area contributed by atoms with Gasteiger partial charge in [-0.3, -0.25) is 9.69 Å². The number of amides is 1. The number of hydrogen-bond acceptors (Lipinski definition) is 3. The first-order valence-electron chi connectivity index (χ1n) is 10.2. The number of fused-ring (bicyclic) bond motifs is 1. The van der Waals surface area contributed by atoms with E-state index in [0.717, 1.165) is 33.0 Å². The van der Waals surface area contributed by atoms with Crippen molar-refractivity contribution in [2.24, 2.45) is 0 Å². The third-order valence-electron chi connectivity index (χ3n) is 5.13. The van der Waals surface area contributed by atoms with Crippen molar-refractivity contribution in [2.45, 2.75) is 5.92 Å². The lowest BCUT2D eigenvalue weighted by Gasteiger charge is -2.26. The zero-order valence-electron chi connectivity index (χ0n) is 17.3. The highest BCUT2D eigenvalue weighted by Gasteiger charge is 2.30. The molecule has 0 saturated carbocycles. The molecule has 5 heteroatoms. The van der Waals surface area contributed by atoms with Crippen LogP contribution in [-0.2, 0) is 4.79 Å². The SMILES string of the molecule is C[NH+](C)CCN(C(=O)C(c1ccccc1)c1ccccc1)c1nc2ccccc2s1. The molecule has 0 spiro atoms. The van der Waals surface area contributed by atoms with Gasteiger partial charge < -0.3 is 4.90 Å². The van der Waals surface area contributed by atoms with Gasteiger partial charge in [-0.1, -0.05) is 84.1 Å². The van der Waals surface area contributed by atoms with Crippen LogP contribution in [0.15, 0.2) is 84.9 Å². The molecule has 30 heavy (non-hydrogen) atoms.